The van der Waals surface area contributed by atoms with Crippen LogP contribution in [0.3, 0.4) is 0 Å². The number of benzene rings is 3. The van der Waals surface area contributed by atoms with Crippen LogP contribution in [-0.2, 0) is 4.74 Å². The molecule has 0 saturated carbocycles. The van der Waals surface area contributed by atoms with Crippen molar-refractivity contribution in [2.24, 2.45) is 0 Å². The predicted molar refractivity (Wildman–Crippen MR) is 120 cm³/mol. The number of ether oxygens (including phenoxy) is 1. The van der Waals surface area contributed by atoms with Gasteiger partial charge in [0, 0.05) is 48.2 Å². The van der Waals surface area contributed by atoms with Gasteiger partial charge in [0.1, 0.15) is 11.6 Å². The summed E-state index contributed by atoms with van der Waals surface area (Å²) in [6.07, 6.45) is 1.26. The molecule has 2 N–H and O–H groups in total. The van der Waals surface area contributed by atoms with Gasteiger partial charge in [-0.15, -0.1) is 0 Å². The molecule has 5 nitrogen and oxygen atoms in total. The van der Waals surface area contributed by atoms with Crippen molar-refractivity contribution < 1.29 is 32.9 Å². The lowest BCUT2D eigenvalue weighted by molar-refractivity contribution is 0.0697. The maximum atomic E-state index is 14.5. The van der Waals surface area contributed by atoms with Gasteiger partial charge in [-0.25, -0.2) is 18.0 Å². The highest BCUT2D eigenvalue weighted by atomic mass is 19.2. The molecule has 0 unspecified atom stereocenters. The van der Waals surface area contributed by atoms with Crippen LogP contribution < -0.4 is 0 Å². The summed E-state index contributed by atoms with van der Waals surface area (Å²) >= 11 is 0. The van der Waals surface area contributed by atoms with Crippen LogP contribution in [0.5, 0.6) is 5.75 Å². The molecular formula is C26H20F3NO4. The van der Waals surface area contributed by atoms with E-state index >= 15 is 0 Å². The van der Waals surface area contributed by atoms with Gasteiger partial charge in [0.15, 0.2) is 11.6 Å². The first-order valence-electron chi connectivity index (χ1n) is 10.8. The van der Waals surface area contributed by atoms with Gasteiger partial charge < -0.3 is 19.5 Å². The van der Waals surface area contributed by atoms with E-state index in [1.807, 2.05) is 0 Å². The second-order valence-corrected chi connectivity index (χ2v) is 8.28. The van der Waals surface area contributed by atoms with Crippen LogP contribution in [0.15, 0.2) is 54.6 Å². The molecule has 2 heterocycles. The minimum atomic E-state index is -1.08. The fourth-order valence-corrected chi connectivity index (χ4v) is 4.71. The molecular weight excluding hydrogens is 447 g/mol. The molecule has 8 heteroatoms. The number of nitrogens with zero attached hydrogens (tertiary/aromatic N) is 1. The molecule has 5 rings (SSSR count). The summed E-state index contributed by atoms with van der Waals surface area (Å²) in [6, 6.07) is 11.8. The lowest BCUT2D eigenvalue weighted by atomic mass is 9.89. The zero-order chi connectivity index (χ0) is 24.0. The van der Waals surface area contributed by atoms with E-state index in [4.69, 9.17) is 4.74 Å². The lowest BCUT2D eigenvalue weighted by Gasteiger charge is -2.26. The summed E-state index contributed by atoms with van der Waals surface area (Å²) in [6.45, 7) is 0.976. The molecule has 1 aliphatic rings. The summed E-state index contributed by atoms with van der Waals surface area (Å²) in [5, 5.41) is 20.4. The highest BCUT2D eigenvalue weighted by Crippen LogP contribution is 2.46. The predicted octanol–water partition coefficient (Wildman–Crippen LogP) is 6.01. The molecule has 1 saturated heterocycles. The molecule has 0 aliphatic carbocycles. The SMILES string of the molecule is O=C(O)c1ccc(-c2c(C3CCOCC3)n(-c3ccc(F)c(F)c3)c3cc(F)cc(O)c23)cc1. The minimum Gasteiger partial charge on any atom is -0.507 e. The third-order valence-corrected chi connectivity index (χ3v) is 6.24. The first kappa shape index (κ1) is 22.0. The molecule has 0 amide bonds. The van der Waals surface area contributed by atoms with E-state index in [-0.39, 0.29) is 22.9 Å². The zero-order valence-electron chi connectivity index (χ0n) is 17.9. The number of aromatic hydroxyl groups is 1. The van der Waals surface area contributed by atoms with Crippen molar-refractivity contribution in [3.05, 3.63) is 83.3 Å². The summed E-state index contributed by atoms with van der Waals surface area (Å²) in [4.78, 5) is 11.3. The Morgan fingerprint density at radius 1 is 0.941 bits per heavy atom. The number of rotatable bonds is 4. The van der Waals surface area contributed by atoms with Crippen molar-refractivity contribution in [2.75, 3.05) is 13.2 Å². The summed E-state index contributed by atoms with van der Waals surface area (Å²) in [5.74, 6) is -4.22. The lowest BCUT2D eigenvalue weighted by Crippen LogP contribution is -2.17. The number of fused-ring (bicyclic) bond motifs is 1. The Hall–Kier alpha value is -3.78. The Bertz CT molecular complexity index is 1410. The van der Waals surface area contributed by atoms with Crippen LogP contribution in [0.1, 0.15) is 34.8 Å². The first-order chi connectivity index (χ1) is 16.3. The number of phenolic OH excluding ortho intramolecular Hbond substituents is 1. The van der Waals surface area contributed by atoms with Crippen molar-refractivity contribution in [2.45, 2.75) is 18.8 Å². The van der Waals surface area contributed by atoms with Crippen molar-refractivity contribution in [1.82, 2.24) is 4.57 Å². The van der Waals surface area contributed by atoms with Crippen molar-refractivity contribution in [3.63, 3.8) is 0 Å². The highest BCUT2D eigenvalue weighted by molar-refractivity contribution is 6.03. The topological polar surface area (TPSA) is 71.7 Å². The van der Waals surface area contributed by atoms with E-state index in [9.17, 15) is 28.2 Å². The number of carbonyl (C=O) groups is 1. The monoisotopic (exact) mass is 467 g/mol. The fourth-order valence-electron chi connectivity index (χ4n) is 4.71. The molecule has 0 bridgehead atoms. The van der Waals surface area contributed by atoms with Crippen LogP contribution in [0.4, 0.5) is 13.2 Å². The molecule has 4 aromatic rings. The van der Waals surface area contributed by atoms with Gasteiger partial charge in [0.2, 0.25) is 0 Å². The van der Waals surface area contributed by atoms with Gasteiger partial charge in [0.05, 0.1) is 16.5 Å². The van der Waals surface area contributed by atoms with Crippen molar-refractivity contribution in [1.29, 1.82) is 0 Å². The second-order valence-electron chi connectivity index (χ2n) is 8.28. The largest absolute Gasteiger partial charge is 0.507 e. The maximum absolute atomic E-state index is 14.5. The molecule has 0 atom stereocenters. The molecule has 3 aromatic carbocycles. The van der Waals surface area contributed by atoms with E-state index in [0.29, 0.717) is 53.8 Å². The summed E-state index contributed by atoms with van der Waals surface area (Å²) in [5.41, 5.74) is 2.55. The summed E-state index contributed by atoms with van der Waals surface area (Å²) in [7, 11) is 0. The van der Waals surface area contributed by atoms with Gasteiger partial charge in [-0.2, -0.15) is 0 Å². The average Bonchev–Trinajstić information content (AvgIpc) is 3.16. The van der Waals surface area contributed by atoms with Gasteiger partial charge in [-0.05, 0) is 48.7 Å². The van der Waals surface area contributed by atoms with Crippen LogP contribution in [0.2, 0.25) is 0 Å². The van der Waals surface area contributed by atoms with Crippen molar-refractivity contribution >= 4 is 16.9 Å². The third kappa shape index (κ3) is 3.70. The van der Waals surface area contributed by atoms with E-state index in [0.717, 1.165) is 18.2 Å². The number of carboxylic acid groups (broad SMARTS) is 1. The summed E-state index contributed by atoms with van der Waals surface area (Å²) < 4.78 is 49.6. The van der Waals surface area contributed by atoms with Crippen molar-refractivity contribution in [3.8, 4) is 22.6 Å². The first-order valence-corrected chi connectivity index (χ1v) is 10.8. The van der Waals surface area contributed by atoms with Crippen LogP contribution >= 0.6 is 0 Å². The number of hydrogen-bond donors (Lipinski definition) is 2. The van der Waals surface area contributed by atoms with Crippen LogP contribution in [0, 0.1) is 17.5 Å². The molecule has 0 spiro atoms. The maximum Gasteiger partial charge on any atom is 0.335 e. The van der Waals surface area contributed by atoms with Gasteiger partial charge in [-0.1, -0.05) is 12.1 Å². The standard InChI is InChI=1S/C26H20F3NO4/c27-17-11-21-24(22(31)12-17)23(14-1-3-16(4-2-14)26(32)33)25(15-7-9-34-10-8-15)30(21)18-5-6-19(28)20(29)13-18/h1-6,11-13,15,31H,7-10H2,(H,32,33). The molecule has 1 fully saturated rings. The molecule has 1 aromatic heterocycles. The average molecular weight is 467 g/mol. The Morgan fingerprint density at radius 3 is 2.29 bits per heavy atom. The zero-order valence-corrected chi connectivity index (χ0v) is 17.9. The molecule has 0 radical (unpaired) electrons. The van der Waals surface area contributed by atoms with E-state index in [1.54, 1.807) is 16.7 Å². The third-order valence-electron chi connectivity index (χ3n) is 6.24. The van der Waals surface area contributed by atoms with Gasteiger partial charge in [0.25, 0.3) is 0 Å². The van der Waals surface area contributed by atoms with Gasteiger partial charge in [-0.3, -0.25) is 0 Å². The fraction of sp³-hybridized carbons (Fsp3) is 0.192. The highest BCUT2D eigenvalue weighted by Gasteiger charge is 2.30. The number of carboxylic acids is 1. The Labute approximate surface area is 192 Å². The quantitative estimate of drug-likeness (QED) is 0.386. The second kappa shape index (κ2) is 8.53. The number of hydrogen-bond acceptors (Lipinski definition) is 3. The van der Waals surface area contributed by atoms with Crippen LogP contribution in [0.25, 0.3) is 27.7 Å². The number of aromatic nitrogens is 1. The minimum absolute atomic E-state index is 0.0918. The Kier molecular flexibility index (Phi) is 5.53. The number of phenols is 1. The molecule has 34 heavy (non-hydrogen) atoms. The van der Waals surface area contributed by atoms with Gasteiger partial charge >= 0.3 is 5.97 Å². The van der Waals surface area contributed by atoms with E-state index < -0.39 is 23.4 Å². The Balaban J connectivity index is 1.89. The van der Waals surface area contributed by atoms with E-state index in [1.165, 1.54) is 24.3 Å². The molecule has 174 valence electrons. The number of halogens is 3. The van der Waals surface area contributed by atoms with E-state index in [2.05, 4.69) is 0 Å². The van der Waals surface area contributed by atoms with Crippen LogP contribution in [-0.4, -0.2) is 34.0 Å². The number of aromatic carboxylic acids is 1. The smallest absolute Gasteiger partial charge is 0.335 e. The Morgan fingerprint density at radius 2 is 1.65 bits per heavy atom. The normalized spacial score (nSPS) is 14.6. The molecule has 1 aliphatic heterocycles.